The topological polar surface area (TPSA) is 75.2 Å². The molecule has 0 aliphatic heterocycles. The smallest absolute Gasteiger partial charge is 0.354 e. The zero-order chi connectivity index (χ0) is 20.7. The van der Waals surface area contributed by atoms with Crippen LogP contribution in [0.25, 0.3) is 33.1 Å². The molecule has 3 aromatic carbocycles. The van der Waals surface area contributed by atoms with E-state index in [1.807, 2.05) is 42.5 Å². The molecular formula is C24H15FN2O3. The van der Waals surface area contributed by atoms with Crippen molar-refractivity contribution in [1.82, 2.24) is 9.97 Å². The van der Waals surface area contributed by atoms with Gasteiger partial charge in [0.1, 0.15) is 23.0 Å². The molecule has 0 spiro atoms. The molecule has 0 atom stereocenters. The van der Waals surface area contributed by atoms with Crippen molar-refractivity contribution in [1.29, 1.82) is 0 Å². The summed E-state index contributed by atoms with van der Waals surface area (Å²) in [6, 6.07) is 22.5. The van der Waals surface area contributed by atoms with Crippen LogP contribution in [0, 0.1) is 5.82 Å². The number of aromatic amines is 1. The second kappa shape index (κ2) is 7.00. The van der Waals surface area contributed by atoms with Crippen molar-refractivity contribution in [2.24, 2.45) is 0 Å². The van der Waals surface area contributed by atoms with Crippen molar-refractivity contribution in [2.75, 3.05) is 0 Å². The highest BCUT2D eigenvalue weighted by molar-refractivity contribution is 6.12. The molecular weight excluding hydrogens is 383 g/mol. The number of hydrogen-bond donors (Lipinski definition) is 2. The Labute approximate surface area is 170 Å². The van der Waals surface area contributed by atoms with Gasteiger partial charge >= 0.3 is 5.97 Å². The van der Waals surface area contributed by atoms with Crippen molar-refractivity contribution in [2.45, 2.75) is 0 Å². The van der Waals surface area contributed by atoms with E-state index in [1.165, 1.54) is 18.2 Å². The van der Waals surface area contributed by atoms with Crippen LogP contribution in [0.3, 0.4) is 0 Å². The second-order valence-corrected chi connectivity index (χ2v) is 6.84. The van der Waals surface area contributed by atoms with Gasteiger partial charge in [0.2, 0.25) is 0 Å². The third-order valence-corrected chi connectivity index (χ3v) is 4.88. The van der Waals surface area contributed by atoms with E-state index in [2.05, 4.69) is 9.97 Å². The number of carbonyl (C=O) groups is 1. The number of ether oxygens (including phenoxy) is 1. The Morgan fingerprint density at radius 3 is 2.37 bits per heavy atom. The summed E-state index contributed by atoms with van der Waals surface area (Å²) in [5.41, 5.74) is 2.35. The van der Waals surface area contributed by atoms with Crippen molar-refractivity contribution in [3.8, 4) is 22.8 Å². The molecule has 0 saturated heterocycles. The quantitative estimate of drug-likeness (QED) is 0.389. The number of aromatic carboxylic acids is 1. The zero-order valence-corrected chi connectivity index (χ0v) is 15.6. The average molecular weight is 398 g/mol. The first kappa shape index (κ1) is 17.9. The first-order valence-corrected chi connectivity index (χ1v) is 9.27. The third kappa shape index (κ3) is 3.14. The van der Waals surface area contributed by atoms with Crippen LogP contribution in [0.4, 0.5) is 4.39 Å². The minimum absolute atomic E-state index is 0.0765. The standard InChI is InChI=1S/C24H15FN2O3/c25-15-8-11-18-19-13-21(24(28)29)27-22(23(19)26-20(18)12-15)14-6-9-17(10-7-14)30-16-4-2-1-3-5-16/h1-13,26H,(H,28,29). The molecule has 5 rings (SSSR count). The molecule has 0 radical (unpaired) electrons. The minimum atomic E-state index is -1.13. The van der Waals surface area contributed by atoms with Gasteiger partial charge in [0.05, 0.1) is 11.2 Å². The highest BCUT2D eigenvalue weighted by atomic mass is 19.1. The van der Waals surface area contributed by atoms with E-state index in [0.29, 0.717) is 27.9 Å². The molecule has 2 N–H and O–H groups in total. The van der Waals surface area contributed by atoms with Crippen LogP contribution in [0.2, 0.25) is 0 Å². The summed E-state index contributed by atoms with van der Waals surface area (Å²) in [5.74, 6) is -0.131. The van der Waals surface area contributed by atoms with Crippen molar-refractivity contribution in [3.05, 3.63) is 90.4 Å². The van der Waals surface area contributed by atoms with Crippen LogP contribution in [-0.2, 0) is 0 Å². The number of nitrogens with zero attached hydrogens (tertiary/aromatic N) is 1. The lowest BCUT2D eigenvalue weighted by Crippen LogP contribution is -2.01. The fraction of sp³-hybridized carbons (Fsp3) is 0. The number of carboxylic acids is 1. The van der Waals surface area contributed by atoms with E-state index in [9.17, 15) is 14.3 Å². The molecule has 146 valence electrons. The summed E-state index contributed by atoms with van der Waals surface area (Å²) in [6.45, 7) is 0. The number of H-pyrrole nitrogens is 1. The average Bonchev–Trinajstić information content (AvgIpc) is 3.12. The lowest BCUT2D eigenvalue weighted by atomic mass is 10.1. The maximum absolute atomic E-state index is 13.7. The summed E-state index contributed by atoms with van der Waals surface area (Å²) in [5, 5.41) is 10.9. The van der Waals surface area contributed by atoms with Gasteiger partial charge in [-0.1, -0.05) is 18.2 Å². The number of carboxylic acid groups (broad SMARTS) is 1. The Kier molecular flexibility index (Phi) is 4.17. The Balaban J connectivity index is 1.64. The summed E-state index contributed by atoms with van der Waals surface area (Å²) in [7, 11) is 0. The molecule has 2 heterocycles. The van der Waals surface area contributed by atoms with E-state index in [4.69, 9.17) is 4.74 Å². The van der Waals surface area contributed by atoms with Crippen LogP contribution in [0.15, 0.2) is 78.9 Å². The first-order valence-electron chi connectivity index (χ1n) is 9.27. The maximum atomic E-state index is 13.7. The van der Waals surface area contributed by atoms with Gasteiger partial charge < -0.3 is 14.8 Å². The molecule has 0 bridgehead atoms. The van der Waals surface area contributed by atoms with Crippen LogP contribution in [0.1, 0.15) is 10.5 Å². The normalized spacial score (nSPS) is 11.1. The van der Waals surface area contributed by atoms with Gasteiger partial charge in [0.25, 0.3) is 0 Å². The molecule has 2 aromatic heterocycles. The third-order valence-electron chi connectivity index (χ3n) is 4.88. The number of para-hydroxylation sites is 1. The maximum Gasteiger partial charge on any atom is 0.354 e. The van der Waals surface area contributed by atoms with Crippen LogP contribution in [-0.4, -0.2) is 21.0 Å². The van der Waals surface area contributed by atoms with E-state index in [0.717, 1.165) is 16.7 Å². The molecule has 30 heavy (non-hydrogen) atoms. The van der Waals surface area contributed by atoms with Gasteiger partial charge in [0, 0.05) is 21.9 Å². The molecule has 5 nitrogen and oxygen atoms in total. The lowest BCUT2D eigenvalue weighted by molar-refractivity contribution is 0.0691. The number of hydrogen-bond acceptors (Lipinski definition) is 3. The highest BCUT2D eigenvalue weighted by Crippen LogP contribution is 2.34. The molecule has 6 heteroatoms. The zero-order valence-electron chi connectivity index (χ0n) is 15.6. The monoisotopic (exact) mass is 398 g/mol. The Bertz CT molecular complexity index is 1390. The molecule has 0 aliphatic carbocycles. The lowest BCUT2D eigenvalue weighted by Gasteiger charge is -2.08. The van der Waals surface area contributed by atoms with E-state index in [-0.39, 0.29) is 11.5 Å². The van der Waals surface area contributed by atoms with Crippen LogP contribution < -0.4 is 4.74 Å². The van der Waals surface area contributed by atoms with Crippen LogP contribution >= 0.6 is 0 Å². The van der Waals surface area contributed by atoms with Crippen molar-refractivity contribution in [3.63, 3.8) is 0 Å². The number of aromatic nitrogens is 2. The molecule has 0 amide bonds. The van der Waals surface area contributed by atoms with Crippen molar-refractivity contribution < 1.29 is 19.0 Å². The number of fused-ring (bicyclic) bond motifs is 3. The predicted molar refractivity (Wildman–Crippen MR) is 112 cm³/mol. The predicted octanol–water partition coefficient (Wildman–Crippen LogP) is 6.01. The molecule has 0 unspecified atom stereocenters. The summed E-state index contributed by atoms with van der Waals surface area (Å²) < 4.78 is 19.5. The number of pyridine rings is 1. The van der Waals surface area contributed by atoms with Gasteiger partial charge in [-0.15, -0.1) is 0 Å². The van der Waals surface area contributed by atoms with Gasteiger partial charge in [-0.3, -0.25) is 0 Å². The Hall–Kier alpha value is -4.19. The number of halogens is 1. The fourth-order valence-electron chi connectivity index (χ4n) is 3.50. The minimum Gasteiger partial charge on any atom is -0.477 e. The molecule has 5 aromatic rings. The van der Waals surface area contributed by atoms with Crippen molar-refractivity contribution >= 4 is 27.8 Å². The SMILES string of the molecule is O=C(O)c1cc2c([nH]c3cc(F)ccc32)c(-c2ccc(Oc3ccccc3)cc2)n1. The molecule has 0 fully saturated rings. The van der Waals surface area contributed by atoms with Gasteiger partial charge in [0.15, 0.2) is 0 Å². The highest BCUT2D eigenvalue weighted by Gasteiger charge is 2.17. The van der Waals surface area contributed by atoms with E-state index >= 15 is 0 Å². The van der Waals surface area contributed by atoms with E-state index in [1.54, 1.807) is 18.2 Å². The Morgan fingerprint density at radius 2 is 1.63 bits per heavy atom. The largest absolute Gasteiger partial charge is 0.477 e. The Morgan fingerprint density at radius 1 is 0.900 bits per heavy atom. The number of rotatable bonds is 4. The molecule has 0 saturated carbocycles. The van der Waals surface area contributed by atoms with Gasteiger partial charge in [-0.05, 0) is 60.7 Å². The molecule has 0 aliphatic rings. The van der Waals surface area contributed by atoms with E-state index < -0.39 is 5.97 Å². The number of benzene rings is 3. The fourth-order valence-corrected chi connectivity index (χ4v) is 3.50. The summed E-state index contributed by atoms with van der Waals surface area (Å²) in [6.07, 6.45) is 0. The first-order chi connectivity index (χ1) is 14.6. The summed E-state index contributed by atoms with van der Waals surface area (Å²) >= 11 is 0. The second-order valence-electron chi connectivity index (χ2n) is 6.84. The summed E-state index contributed by atoms with van der Waals surface area (Å²) in [4.78, 5) is 19.2. The van der Waals surface area contributed by atoms with Gasteiger partial charge in [-0.2, -0.15) is 0 Å². The van der Waals surface area contributed by atoms with Gasteiger partial charge in [-0.25, -0.2) is 14.2 Å². The van der Waals surface area contributed by atoms with Crippen LogP contribution in [0.5, 0.6) is 11.5 Å². The number of nitrogens with one attached hydrogen (secondary N) is 1.